The van der Waals surface area contributed by atoms with E-state index in [1.807, 2.05) is 24.5 Å². The van der Waals surface area contributed by atoms with Gasteiger partial charge in [-0.1, -0.05) is 11.6 Å². The van der Waals surface area contributed by atoms with E-state index in [0.717, 1.165) is 11.4 Å². The van der Waals surface area contributed by atoms with Crippen molar-refractivity contribution >= 4 is 35.4 Å². The van der Waals surface area contributed by atoms with Crippen molar-refractivity contribution in [3.05, 3.63) is 91.7 Å². The summed E-state index contributed by atoms with van der Waals surface area (Å²) in [4.78, 5) is 33.7. The zero-order valence-corrected chi connectivity index (χ0v) is 17.3. The molecule has 0 unspecified atom stereocenters. The van der Waals surface area contributed by atoms with Gasteiger partial charge in [0, 0.05) is 40.3 Å². The summed E-state index contributed by atoms with van der Waals surface area (Å²) < 4.78 is 1.85. The van der Waals surface area contributed by atoms with Gasteiger partial charge in [-0.2, -0.15) is 5.10 Å². The van der Waals surface area contributed by atoms with Crippen molar-refractivity contribution in [1.29, 1.82) is 0 Å². The van der Waals surface area contributed by atoms with Crippen LogP contribution < -0.4 is 5.43 Å². The molecule has 3 aromatic rings. The van der Waals surface area contributed by atoms with Crippen molar-refractivity contribution in [1.82, 2.24) is 9.99 Å². The smallest absolute Gasteiger partial charge is 0.337 e. The Morgan fingerprint density at radius 2 is 1.84 bits per heavy atom. The second-order valence-electron chi connectivity index (χ2n) is 6.63. The number of benzene rings is 2. The van der Waals surface area contributed by atoms with Crippen LogP contribution in [0.2, 0.25) is 5.02 Å². The second kappa shape index (κ2) is 8.80. The van der Waals surface area contributed by atoms with Gasteiger partial charge in [-0.25, -0.2) is 10.2 Å². The molecule has 3 rings (SSSR count). The number of aromatic nitrogens is 1. The number of carboxylic acid groups (broad SMARTS) is 1. The molecule has 0 fully saturated rings. The summed E-state index contributed by atoms with van der Waals surface area (Å²) in [5.41, 5.74) is 5.46. The normalized spacial score (nSPS) is 10.9. The highest BCUT2D eigenvalue weighted by atomic mass is 35.5. The van der Waals surface area contributed by atoms with E-state index in [-0.39, 0.29) is 21.8 Å². The number of carbonyl (C=O) groups excluding carboxylic acids is 1. The van der Waals surface area contributed by atoms with Crippen LogP contribution in [-0.4, -0.2) is 32.7 Å². The number of nitrogens with one attached hydrogen (secondary N) is 1. The molecule has 0 radical (unpaired) electrons. The number of hydrogen-bond donors (Lipinski definition) is 2. The van der Waals surface area contributed by atoms with E-state index in [9.17, 15) is 24.8 Å². The minimum Gasteiger partial charge on any atom is -0.478 e. The summed E-state index contributed by atoms with van der Waals surface area (Å²) >= 11 is 5.95. The topological polar surface area (TPSA) is 127 Å². The van der Waals surface area contributed by atoms with Crippen LogP contribution >= 0.6 is 11.6 Å². The number of amides is 1. The molecule has 0 saturated heterocycles. The number of hydrogen-bond acceptors (Lipinski definition) is 5. The summed E-state index contributed by atoms with van der Waals surface area (Å²) in [6.07, 6.45) is 1.47. The fourth-order valence-corrected chi connectivity index (χ4v) is 3.29. The monoisotopic (exact) mass is 440 g/mol. The Labute approximate surface area is 181 Å². The fourth-order valence-electron chi connectivity index (χ4n) is 3.09. The minimum atomic E-state index is -1.12. The molecule has 9 nitrogen and oxygen atoms in total. The number of carboxylic acids is 1. The van der Waals surface area contributed by atoms with Crippen molar-refractivity contribution in [2.24, 2.45) is 5.10 Å². The van der Waals surface area contributed by atoms with Gasteiger partial charge in [0.15, 0.2) is 0 Å². The quantitative estimate of drug-likeness (QED) is 0.338. The number of nitro benzene ring substituents is 1. The van der Waals surface area contributed by atoms with Crippen LogP contribution in [0.3, 0.4) is 0 Å². The van der Waals surface area contributed by atoms with Crippen LogP contribution in [0.15, 0.2) is 53.6 Å². The van der Waals surface area contributed by atoms with Crippen molar-refractivity contribution < 1.29 is 19.6 Å². The Morgan fingerprint density at radius 3 is 2.45 bits per heavy atom. The number of hydrazone groups is 1. The second-order valence-corrected chi connectivity index (χ2v) is 7.04. The molecule has 31 heavy (non-hydrogen) atoms. The molecule has 0 spiro atoms. The standard InChI is InChI=1S/C21H17ClN4O5/c1-12-9-15(11-23-24-20(27)14-3-5-16(6-4-14)26(30)31)13(2)25(12)17-7-8-19(22)18(10-17)21(28)29/h3-11H,1-2H3,(H,24,27)(H,28,29)/b23-11-. The van der Waals surface area contributed by atoms with Gasteiger partial charge in [-0.05, 0) is 50.2 Å². The number of carbonyl (C=O) groups is 2. The molecule has 2 N–H and O–H groups in total. The largest absolute Gasteiger partial charge is 0.478 e. The number of aryl methyl sites for hydroxylation is 1. The van der Waals surface area contributed by atoms with Gasteiger partial charge in [0.1, 0.15) is 0 Å². The zero-order chi connectivity index (χ0) is 22.7. The molecule has 10 heteroatoms. The van der Waals surface area contributed by atoms with Gasteiger partial charge >= 0.3 is 5.97 Å². The average Bonchev–Trinajstić information content (AvgIpc) is 3.01. The van der Waals surface area contributed by atoms with Crippen LogP contribution in [-0.2, 0) is 0 Å². The van der Waals surface area contributed by atoms with Crippen molar-refractivity contribution in [2.75, 3.05) is 0 Å². The molecular formula is C21H17ClN4O5. The van der Waals surface area contributed by atoms with Gasteiger partial charge < -0.3 is 9.67 Å². The third kappa shape index (κ3) is 4.62. The van der Waals surface area contributed by atoms with Crippen LogP contribution in [0.4, 0.5) is 5.69 Å². The predicted molar refractivity (Wildman–Crippen MR) is 115 cm³/mol. The Kier molecular flexibility index (Phi) is 6.17. The van der Waals surface area contributed by atoms with E-state index in [1.165, 1.54) is 42.6 Å². The number of halogens is 1. The van der Waals surface area contributed by atoms with Crippen LogP contribution in [0.5, 0.6) is 0 Å². The van der Waals surface area contributed by atoms with Crippen molar-refractivity contribution in [3.8, 4) is 5.69 Å². The number of non-ortho nitro benzene ring substituents is 1. The summed E-state index contributed by atoms with van der Waals surface area (Å²) in [5, 5.41) is 24.1. The van der Waals surface area contributed by atoms with Gasteiger partial charge in [-0.15, -0.1) is 0 Å². The van der Waals surface area contributed by atoms with Gasteiger partial charge in [0.25, 0.3) is 11.6 Å². The van der Waals surface area contributed by atoms with E-state index < -0.39 is 16.8 Å². The maximum atomic E-state index is 12.2. The van der Waals surface area contributed by atoms with Gasteiger partial charge in [0.2, 0.25) is 0 Å². The predicted octanol–water partition coefficient (Wildman–Crippen LogP) is 4.12. The maximum Gasteiger partial charge on any atom is 0.337 e. The third-order valence-electron chi connectivity index (χ3n) is 4.62. The van der Waals surface area contributed by atoms with Crippen LogP contribution in [0.25, 0.3) is 5.69 Å². The highest BCUT2D eigenvalue weighted by molar-refractivity contribution is 6.33. The molecule has 1 heterocycles. The Hall–Kier alpha value is -3.98. The molecule has 1 amide bonds. The van der Waals surface area contributed by atoms with Crippen molar-refractivity contribution in [2.45, 2.75) is 13.8 Å². The Morgan fingerprint density at radius 1 is 1.16 bits per heavy atom. The number of rotatable bonds is 6. The van der Waals surface area contributed by atoms with Crippen molar-refractivity contribution in [3.63, 3.8) is 0 Å². The fraction of sp³-hybridized carbons (Fsp3) is 0.0952. The molecule has 1 aromatic heterocycles. The summed E-state index contributed by atoms with van der Waals surface area (Å²) in [6.45, 7) is 3.69. The number of nitrogens with zero attached hydrogens (tertiary/aromatic N) is 3. The average molecular weight is 441 g/mol. The molecule has 0 bridgehead atoms. The third-order valence-corrected chi connectivity index (χ3v) is 4.95. The lowest BCUT2D eigenvalue weighted by Crippen LogP contribution is -2.17. The number of aromatic carboxylic acids is 1. The molecule has 0 aliphatic carbocycles. The lowest BCUT2D eigenvalue weighted by molar-refractivity contribution is -0.384. The van der Waals surface area contributed by atoms with Gasteiger partial charge in [0.05, 0.1) is 21.7 Å². The van der Waals surface area contributed by atoms with E-state index in [4.69, 9.17) is 11.6 Å². The first-order chi connectivity index (χ1) is 14.7. The molecule has 0 aliphatic rings. The molecular weight excluding hydrogens is 424 g/mol. The zero-order valence-electron chi connectivity index (χ0n) is 16.5. The first kappa shape index (κ1) is 21.7. The van der Waals surface area contributed by atoms with Crippen LogP contribution in [0.1, 0.15) is 37.7 Å². The van der Waals surface area contributed by atoms with Crippen LogP contribution in [0, 0.1) is 24.0 Å². The SMILES string of the molecule is Cc1cc(/C=N\NC(=O)c2ccc([N+](=O)[O-])cc2)c(C)n1-c1ccc(Cl)c(C(=O)O)c1. The Balaban J connectivity index is 1.80. The molecule has 158 valence electrons. The maximum absolute atomic E-state index is 12.2. The molecule has 0 atom stereocenters. The highest BCUT2D eigenvalue weighted by Crippen LogP contribution is 2.24. The van der Waals surface area contributed by atoms with Gasteiger partial charge in [-0.3, -0.25) is 14.9 Å². The minimum absolute atomic E-state index is 0.00255. The lowest BCUT2D eigenvalue weighted by atomic mass is 10.2. The summed E-state index contributed by atoms with van der Waals surface area (Å²) in [6, 6.07) is 11.7. The molecule has 0 saturated carbocycles. The summed E-state index contributed by atoms with van der Waals surface area (Å²) in [5.74, 6) is -1.63. The molecule has 2 aromatic carbocycles. The highest BCUT2D eigenvalue weighted by Gasteiger charge is 2.14. The first-order valence-corrected chi connectivity index (χ1v) is 9.37. The first-order valence-electron chi connectivity index (χ1n) is 8.99. The molecule has 0 aliphatic heterocycles. The lowest BCUT2D eigenvalue weighted by Gasteiger charge is -2.11. The van der Waals surface area contributed by atoms with E-state index >= 15 is 0 Å². The van der Waals surface area contributed by atoms with E-state index in [0.29, 0.717) is 11.3 Å². The summed E-state index contributed by atoms with van der Waals surface area (Å²) in [7, 11) is 0. The number of nitro groups is 1. The Bertz CT molecular complexity index is 1220. The van der Waals surface area contributed by atoms with E-state index in [1.54, 1.807) is 6.07 Å². The van der Waals surface area contributed by atoms with E-state index in [2.05, 4.69) is 10.5 Å².